The third-order valence-electron chi connectivity index (χ3n) is 3.96. The highest BCUT2D eigenvalue weighted by molar-refractivity contribution is 5.76. The van der Waals surface area contributed by atoms with Crippen molar-refractivity contribution in [2.24, 2.45) is 0 Å². The van der Waals surface area contributed by atoms with Gasteiger partial charge in [0.05, 0.1) is 20.1 Å². The second kappa shape index (κ2) is 10.9. The number of carbonyl (C=O) groups is 1. The summed E-state index contributed by atoms with van der Waals surface area (Å²) in [5, 5.41) is 0. The molecule has 0 bridgehead atoms. The van der Waals surface area contributed by atoms with Gasteiger partial charge in [-0.05, 0) is 44.3 Å². The van der Waals surface area contributed by atoms with Gasteiger partial charge in [-0.2, -0.15) is 0 Å². The summed E-state index contributed by atoms with van der Waals surface area (Å²) in [7, 11) is 1.63. The Morgan fingerprint density at radius 1 is 0.957 bits per heavy atom. The quantitative estimate of drug-likeness (QED) is 0.628. The van der Waals surface area contributed by atoms with Crippen LogP contribution in [-0.4, -0.2) is 62.1 Å². The van der Waals surface area contributed by atoms with Gasteiger partial charge < -0.3 is 19.3 Å². The molecule has 5 nitrogen and oxygen atoms in total. The van der Waals surface area contributed by atoms with Gasteiger partial charge in [-0.15, -0.1) is 0 Å². The number of ether oxygens (including phenoxy) is 2. The molecule has 5 heteroatoms. The van der Waals surface area contributed by atoms with Gasteiger partial charge in [0, 0.05) is 19.6 Å². The van der Waals surface area contributed by atoms with E-state index in [9.17, 15) is 4.79 Å². The smallest absolute Gasteiger partial charge is 0.226 e. The maximum atomic E-state index is 12.3. The first-order chi connectivity index (χ1) is 11.1. The molecule has 0 aliphatic heterocycles. The van der Waals surface area contributed by atoms with E-state index in [1.807, 2.05) is 36.1 Å². The fourth-order valence-corrected chi connectivity index (χ4v) is 2.35. The molecule has 1 aromatic rings. The van der Waals surface area contributed by atoms with Crippen molar-refractivity contribution in [2.75, 3.05) is 46.4 Å². The van der Waals surface area contributed by atoms with Crippen LogP contribution in [0.5, 0.6) is 11.5 Å². The van der Waals surface area contributed by atoms with Crippen LogP contribution >= 0.6 is 0 Å². The molecule has 0 spiro atoms. The van der Waals surface area contributed by atoms with Crippen LogP contribution in [0.1, 0.15) is 27.2 Å². The number of likely N-dealkylation sites (N-methyl/N-ethyl adjacent to an activating group) is 2. The summed E-state index contributed by atoms with van der Waals surface area (Å²) in [4.78, 5) is 16.5. The molecule has 1 aromatic carbocycles. The largest absolute Gasteiger partial charge is 0.497 e. The fourth-order valence-electron chi connectivity index (χ4n) is 2.35. The zero-order valence-electron chi connectivity index (χ0n) is 14.9. The minimum atomic E-state index is 0.146. The van der Waals surface area contributed by atoms with Crippen molar-refractivity contribution in [3.63, 3.8) is 0 Å². The molecule has 130 valence electrons. The van der Waals surface area contributed by atoms with Crippen LogP contribution < -0.4 is 9.47 Å². The molecule has 1 amide bonds. The van der Waals surface area contributed by atoms with E-state index in [4.69, 9.17) is 9.47 Å². The third kappa shape index (κ3) is 6.91. The molecule has 0 N–H and O–H groups in total. The second-order valence-corrected chi connectivity index (χ2v) is 5.27. The minimum Gasteiger partial charge on any atom is -0.497 e. The molecule has 0 heterocycles. The lowest BCUT2D eigenvalue weighted by molar-refractivity contribution is -0.131. The number of methoxy groups -OCH3 is 1. The molecule has 23 heavy (non-hydrogen) atoms. The van der Waals surface area contributed by atoms with E-state index >= 15 is 0 Å². The predicted octanol–water partition coefficient (Wildman–Crippen LogP) is 2.65. The average Bonchev–Trinajstić information content (AvgIpc) is 2.59. The van der Waals surface area contributed by atoms with E-state index < -0.39 is 0 Å². The van der Waals surface area contributed by atoms with Crippen LogP contribution in [-0.2, 0) is 4.79 Å². The van der Waals surface area contributed by atoms with Crippen molar-refractivity contribution >= 4 is 5.91 Å². The second-order valence-electron chi connectivity index (χ2n) is 5.27. The predicted molar refractivity (Wildman–Crippen MR) is 93.1 cm³/mol. The summed E-state index contributed by atoms with van der Waals surface area (Å²) in [6.45, 7) is 11.2. The zero-order valence-corrected chi connectivity index (χ0v) is 14.9. The topological polar surface area (TPSA) is 42.0 Å². The summed E-state index contributed by atoms with van der Waals surface area (Å²) < 4.78 is 10.7. The molecule has 0 saturated heterocycles. The first-order valence-corrected chi connectivity index (χ1v) is 8.41. The monoisotopic (exact) mass is 322 g/mol. The molecular weight excluding hydrogens is 292 g/mol. The average molecular weight is 322 g/mol. The van der Waals surface area contributed by atoms with Gasteiger partial charge >= 0.3 is 0 Å². The zero-order chi connectivity index (χ0) is 17.1. The van der Waals surface area contributed by atoms with E-state index in [1.165, 1.54) is 0 Å². The van der Waals surface area contributed by atoms with Gasteiger partial charge in [0.2, 0.25) is 5.91 Å². The summed E-state index contributed by atoms with van der Waals surface area (Å²) in [6, 6.07) is 7.39. The molecule has 0 saturated carbocycles. The molecule has 0 aliphatic carbocycles. The minimum absolute atomic E-state index is 0.146. The third-order valence-corrected chi connectivity index (χ3v) is 3.96. The van der Waals surface area contributed by atoms with Gasteiger partial charge in [-0.3, -0.25) is 4.79 Å². The van der Waals surface area contributed by atoms with E-state index in [0.29, 0.717) is 13.0 Å². The first kappa shape index (κ1) is 19.3. The SMILES string of the molecule is CCN(CC)CCN(CC)C(=O)CCOc1ccc(OC)cc1. The van der Waals surface area contributed by atoms with Crippen molar-refractivity contribution in [3.05, 3.63) is 24.3 Å². The Kier molecular flexibility index (Phi) is 9.14. The van der Waals surface area contributed by atoms with Gasteiger partial charge in [0.25, 0.3) is 0 Å². The van der Waals surface area contributed by atoms with Crippen LogP contribution in [0.4, 0.5) is 0 Å². The van der Waals surface area contributed by atoms with Gasteiger partial charge in [-0.1, -0.05) is 13.8 Å². The molecule has 0 fully saturated rings. The summed E-state index contributed by atoms with van der Waals surface area (Å²) >= 11 is 0. The Bertz CT molecular complexity index is 444. The maximum Gasteiger partial charge on any atom is 0.226 e. The Balaban J connectivity index is 2.34. The van der Waals surface area contributed by atoms with E-state index in [2.05, 4.69) is 18.7 Å². The Morgan fingerprint density at radius 2 is 1.57 bits per heavy atom. The van der Waals surface area contributed by atoms with Crippen LogP contribution in [0.15, 0.2) is 24.3 Å². The lowest BCUT2D eigenvalue weighted by Crippen LogP contribution is -2.39. The number of hydrogen-bond donors (Lipinski definition) is 0. The fraction of sp³-hybridized carbons (Fsp3) is 0.611. The van der Waals surface area contributed by atoms with Crippen molar-refractivity contribution in [2.45, 2.75) is 27.2 Å². The molecule has 1 rings (SSSR count). The molecular formula is C18H30N2O3. The Morgan fingerprint density at radius 3 is 2.09 bits per heavy atom. The Labute approximate surface area is 140 Å². The summed E-state index contributed by atoms with van der Waals surface area (Å²) in [5.74, 6) is 1.69. The molecule has 0 unspecified atom stereocenters. The number of rotatable bonds is 11. The highest BCUT2D eigenvalue weighted by Gasteiger charge is 2.12. The van der Waals surface area contributed by atoms with E-state index in [-0.39, 0.29) is 5.91 Å². The number of nitrogens with zero attached hydrogens (tertiary/aromatic N) is 2. The lowest BCUT2D eigenvalue weighted by atomic mass is 10.3. The Hall–Kier alpha value is -1.75. The van der Waals surface area contributed by atoms with Crippen molar-refractivity contribution in [1.29, 1.82) is 0 Å². The highest BCUT2D eigenvalue weighted by atomic mass is 16.5. The van der Waals surface area contributed by atoms with Crippen LogP contribution in [0.2, 0.25) is 0 Å². The number of hydrogen-bond acceptors (Lipinski definition) is 4. The van der Waals surface area contributed by atoms with Crippen LogP contribution in [0.3, 0.4) is 0 Å². The normalized spacial score (nSPS) is 10.7. The van der Waals surface area contributed by atoms with Crippen molar-refractivity contribution < 1.29 is 14.3 Å². The van der Waals surface area contributed by atoms with Crippen LogP contribution in [0, 0.1) is 0 Å². The van der Waals surface area contributed by atoms with Gasteiger partial charge in [-0.25, -0.2) is 0 Å². The summed E-state index contributed by atoms with van der Waals surface area (Å²) in [5.41, 5.74) is 0. The van der Waals surface area contributed by atoms with Crippen LogP contribution in [0.25, 0.3) is 0 Å². The van der Waals surface area contributed by atoms with Crippen molar-refractivity contribution in [1.82, 2.24) is 9.80 Å². The first-order valence-electron chi connectivity index (χ1n) is 8.41. The number of carbonyl (C=O) groups excluding carboxylic acids is 1. The maximum absolute atomic E-state index is 12.3. The molecule has 0 aliphatic rings. The van der Waals surface area contributed by atoms with Gasteiger partial charge in [0.1, 0.15) is 11.5 Å². The number of amides is 1. The van der Waals surface area contributed by atoms with Gasteiger partial charge in [0.15, 0.2) is 0 Å². The lowest BCUT2D eigenvalue weighted by Gasteiger charge is -2.25. The molecule has 0 radical (unpaired) electrons. The van der Waals surface area contributed by atoms with E-state index in [1.54, 1.807) is 7.11 Å². The standard InChI is InChI=1S/C18H30N2O3/c1-5-19(6-2)13-14-20(7-3)18(21)12-15-23-17-10-8-16(22-4)9-11-17/h8-11H,5-7,12-15H2,1-4H3. The summed E-state index contributed by atoms with van der Waals surface area (Å²) in [6.07, 6.45) is 0.401. The highest BCUT2D eigenvalue weighted by Crippen LogP contribution is 2.17. The van der Waals surface area contributed by atoms with Crippen molar-refractivity contribution in [3.8, 4) is 11.5 Å². The van der Waals surface area contributed by atoms with E-state index in [0.717, 1.165) is 44.2 Å². The molecule has 0 atom stereocenters. The number of benzene rings is 1. The molecule has 0 aromatic heterocycles.